The minimum atomic E-state index is -0.370. The molecule has 0 amide bonds. The first-order valence-corrected chi connectivity index (χ1v) is 7.35. The number of nitriles is 1. The molecule has 0 bridgehead atoms. The van der Waals surface area contributed by atoms with Crippen LogP contribution in [0.15, 0.2) is 24.7 Å². The molecule has 128 valence electrons. The third kappa shape index (κ3) is 3.60. The number of nitrogens with zero attached hydrogens (tertiary/aromatic N) is 3. The Balaban J connectivity index is 2.34. The fourth-order valence-corrected chi connectivity index (χ4v) is 2.57. The van der Waals surface area contributed by atoms with Crippen LogP contribution in [0.2, 0.25) is 0 Å². The first-order valence-electron chi connectivity index (χ1n) is 7.35. The van der Waals surface area contributed by atoms with E-state index in [1.54, 1.807) is 41.0 Å². The highest BCUT2D eigenvalue weighted by Crippen LogP contribution is 2.39. The van der Waals surface area contributed by atoms with Crippen molar-refractivity contribution in [3.8, 4) is 23.3 Å². The molecular formula is C17H21N3O4. The van der Waals surface area contributed by atoms with E-state index in [1.807, 2.05) is 16.7 Å². The zero-order chi connectivity index (χ0) is 17.5. The monoisotopic (exact) mass is 331 g/mol. The van der Waals surface area contributed by atoms with Crippen molar-refractivity contribution in [3.05, 3.63) is 35.9 Å². The zero-order valence-electron chi connectivity index (χ0n) is 14.3. The maximum atomic E-state index is 9.59. The number of rotatable bonds is 8. The first-order chi connectivity index (χ1) is 11.7. The van der Waals surface area contributed by atoms with Crippen LogP contribution in [0, 0.1) is 11.3 Å². The van der Waals surface area contributed by atoms with Crippen molar-refractivity contribution >= 4 is 0 Å². The van der Waals surface area contributed by atoms with E-state index < -0.39 is 0 Å². The van der Waals surface area contributed by atoms with Gasteiger partial charge in [0.2, 0.25) is 5.75 Å². The van der Waals surface area contributed by atoms with Crippen LogP contribution in [-0.4, -0.2) is 38.0 Å². The van der Waals surface area contributed by atoms with Crippen LogP contribution in [-0.2, 0) is 17.9 Å². The average Bonchev–Trinajstić information content (AvgIpc) is 3.07. The van der Waals surface area contributed by atoms with E-state index in [1.165, 1.54) is 0 Å². The fraction of sp³-hybridized carbons (Fsp3) is 0.412. The van der Waals surface area contributed by atoms with E-state index in [4.69, 9.17) is 18.9 Å². The van der Waals surface area contributed by atoms with Crippen molar-refractivity contribution in [2.75, 3.05) is 28.4 Å². The minimum Gasteiger partial charge on any atom is -0.493 e. The van der Waals surface area contributed by atoms with Crippen LogP contribution in [0.3, 0.4) is 0 Å². The van der Waals surface area contributed by atoms with Crippen LogP contribution in [0.25, 0.3) is 0 Å². The summed E-state index contributed by atoms with van der Waals surface area (Å²) in [5, 5.41) is 9.59. The van der Waals surface area contributed by atoms with Crippen molar-refractivity contribution in [1.82, 2.24) is 9.55 Å². The molecule has 0 fully saturated rings. The predicted octanol–water partition coefficient (Wildman–Crippen LogP) is 2.36. The highest BCUT2D eigenvalue weighted by atomic mass is 16.5. The molecule has 0 N–H and O–H groups in total. The lowest BCUT2D eigenvalue weighted by atomic mass is 9.97. The largest absolute Gasteiger partial charge is 0.493 e. The summed E-state index contributed by atoms with van der Waals surface area (Å²) in [7, 11) is 6.29. The maximum absolute atomic E-state index is 9.59. The molecule has 0 radical (unpaired) electrons. The van der Waals surface area contributed by atoms with Gasteiger partial charge < -0.3 is 23.5 Å². The maximum Gasteiger partial charge on any atom is 0.203 e. The van der Waals surface area contributed by atoms with Crippen LogP contribution in [0.4, 0.5) is 0 Å². The molecule has 0 saturated carbocycles. The smallest absolute Gasteiger partial charge is 0.203 e. The van der Waals surface area contributed by atoms with Crippen molar-refractivity contribution in [1.29, 1.82) is 5.26 Å². The van der Waals surface area contributed by atoms with Gasteiger partial charge in [-0.15, -0.1) is 0 Å². The van der Waals surface area contributed by atoms with E-state index in [9.17, 15) is 5.26 Å². The summed E-state index contributed by atoms with van der Waals surface area (Å²) in [6.45, 7) is 0.350. The zero-order valence-corrected chi connectivity index (χ0v) is 14.3. The molecule has 1 atom stereocenters. The predicted molar refractivity (Wildman–Crippen MR) is 87.4 cm³/mol. The van der Waals surface area contributed by atoms with Gasteiger partial charge in [0.1, 0.15) is 6.73 Å². The minimum absolute atomic E-state index is 0.350. The second kappa shape index (κ2) is 8.22. The number of imidazole rings is 1. The number of hydrogen-bond acceptors (Lipinski definition) is 6. The molecule has 7 nitrogen and oxygen atoms in total. The lowest BCUT2D eigenvalue weighted by Gasteiger charge is -2.16. The van der Waals surface area contributed by atoms with E-state index >= 15 is 0 Å². The summed E-state index contributed by atoms with van der Waals surface area (Å²) in [5.74, 6) is 1.29. The summed E-state index contributed by atoms with van der Waals surface area (Å²) < 4.78 is 23.0. The Morgan fingerprint density at radius 1 is 1.12 bits per heavy atom. The van der Waals surface area contributed by atoms with E-state index in [-0.39, 0.29) is 5.92 Å². The average molecular weight is 331 g/mol. The molecule has 0 saturated heterocycles. The second-order valence-electron chi connectivity index (χ2n) is 5.13. The highest BCUT2D eigenvalue weighted by molar-refractivity contribution is 5.54. The summed E-state index contributed by atoms with van der Waals surface area (Å²) in [6.07, 6.45) is 3.83. The number of benzene rings is 1. The number of aromatic nitrogens is 2. The molecule has 0 spiro atoms. The lowest BCUT2D eigenvalue weighted by Crippen LogP contribution is -2.10. The molecule has 0 aliphatic rings. The Kier molecular flexibility index (Phi) is 6.04. The summed E-state index contributed by atoms with van der Waals surface area (Å²) in [6, 6.07) is 6.03. The van der Waals surface area contributed by atoms with Crippen molar-refractivity contribution in [2.45, 2.75) is 19.1 Å². The van der Waals surface area contributed by atoms with E-state index in [0.717, 1.165) is 11.3 Å². The molecule has 1 aromatic heterocycles. The number of methoxy groups -OCH3 is 4. The molecule has 7 heteroatoms. The van der Waals surface area contributed by atoms with Crippen LogP contribution in [0.5, 0.6) is 17.2 Å². The Labute approximate surface area is 141 Å². The fourth-order valence-electron chi connectivity index (χ4n) is 2.57. The first kappa shape index (κ1) is 17.6. The van der Waals surface area contributed by atoms with Gasteiger partial charge in [-0.3, -0.25) is 0 Å². The van der Waals surface area contributed by atoms with Crippen molar-refractivity contribution in [3.63, 3.8) is 0 Å². The number of hydrogen-bond donors (Lipinski definition) is 0. The normalized spacial score (nSPS) is 11.6. The molecule has 0 aliphatic heterocycles. The second-order valence-corrected chi connectivity index (χ2v) is 5.13. The summed E-state index contributed by atoms with van der Waals surface area (Å²) in [4.78, 5) is 4.11. The highest BCUT2D eigenvalue weighted by Gasteiger charge is 2.19. The van der Waals surface area contributed by atoms with Crippen molar-refractivity contribution in [2.24, 2.45) is 0 Å². The van der Waals surface area contributed by atoms with Crippen LogP contribution >= 0.6 is 0 Å². The molecule has 1 unspecified atom stereocenters. The van der Waals surface area contributed by atoms with Crippen LogP contribution < -0.4 is 14.2 Å². The topological polar surface area (TPSA) is 78.5 Å². The van der Waals surface area contributed by atoms with Gasteiger partial charge in [0.25, 0.3) is 0 Å². The molecule has 1 heterocycles. The van der Waals surface area contributed by atoms with Gasteiger partial charge in [0.05, 0.1) is 45.3 Å². The standard InChI is InChI=1S/C17H21N3O4/c1-21-11-20-10-19-9-14(20)13(8-18)5-12-6-15(22-2)17(24-4)16(7-12)23-3/h6-7,9-10,13H,5,11H2,1-4H3. The van der Waals surface area contributed by atoms with Gasteiger partial charge >= 0.3 is 0 Å². The molecule has 2 rings (SSSR count). The Bertz CT molecular complexity index is 696. The molecule has 0 aliphatic carbocycles. The summed E-state index contributed by atoms with van der Waals surface area (Å²) in [5.41, 5.74) is 1.70. The van der Waals surface area contributed by atoms with Crippen molar-refractivity contribution < 1.29 is 18.9 Å². The molecule has 1 aromatic carbocycles. The van der Waals surface area contributed by atoms with Gasteiger partial charge in [-0.05, 0) is 24.1 Å². The Morgan fingerprint density at radius 2 is 1.79 bits per heavy atom. The molecule has 2 aromatic rings. The third-order valence-electron chi connectivity index (χ3n) is 3.69. The van der Waals surface area contributed by atoms with Gasteiger partial charge in [-0.25, -0.2) is 4.98 Å². The Hall–Kier alpha value is -2.72. The van der Waals surface area contributed by atoms with Gasteiger partial charge in [0, 0.05) is 13.3 Å². The lowest BCUT2D eigenvalue weighted by molar-refractivity contribution is 0.128. The quantitative estimate of drug-likeness (QED) is 0.739. The van der Waals surface area contributed by atoms with Gasteiger partial charge in [-0.2, -0.15) is 5.26 Å². The molecule has 24 heavy (non-hydrogen) atoms. The van der Waals surface area contributed by atoms with Crippen LogP contribution in [0.1, 0.15) is 17.2 Å². The third-order valence-corrected chi connectivity index (χ3v) is 3.69. The Morgan fingerprint density at radius 3 is 2.29 bits per heavy atom. The van der Waals surface area contributed by atoms with Gasteiger partial charge in [0.15, 0.2) is 11.5 Å². The van der Waals surface area contributed by atoms with E-state index in [0.29, 0.717) is 30.4 Å². The molecular weight excluding hydrogens is 310 g/mol. The summed E-state index contributed by atoms with van der Waals surface area (Å²) >= 11 is 0. The SMILES string of the molecule is COCn1cncc1C(C#N)Cc1cc(OC)c(OC)c(OC)c1. The van der Waals surface area contributed by atoms with E-state index in [2.05, 4.69) is 11.1 Å². The number of ether oxygens (including phenoxy) is 4. The van der Waals surface area contributed by atoms with Gasteiger partial charge in [-0.1, -0.05) is 0 Å².